The molecule has 4 rings (SSSR count). The second kappa shape index (κ2) is 8.50. The minimum absolute atomic E-state index is 0.109. The summed E-state index contributed by atoms with van der Waals surface area (Å²) >= 11 is 0. The number of methoxy groups -OCH3 is 4. The van der Waals surface area contributed by atoms with E-state index in [2.05, 4.69) is 0 Å². The Morgan fingerprint density at radius 3 is 1.94 bits per heavy atom. The Balaban J connectivity index is 1.84. The van der Waals surface area contributed by atoms with Crippen LogP contribution in [-0.4, -0.2) is 28.4 Å². The van der Waals surface area contributed by atoms with Crippen LogP contribution < -0.4 is 30.2 Å². The molecule has 2 heterocycles. The number of benzene rings is 2. The Hall–Kier alpha value is -4.20. The van der Waals surface area contributed by atoms with Crippen molar-refractivity contribution in [1.82, 2.24) is 0 Å². The number of hydrogen-bond acceptors (Lipinski definition) is 8. The molecule has 32 heavy (non-hydrogen) atoms. The van der Waals surface area contributed by atoms with Crippen LogP contribution in [0.15, 0.2) is 54.8 Å². The monoisotopic (exact) mass is 436 g/mol. The quantitative estimate of drug-likeness (QED) is 0.417. The minimum atomic E-state index is -0.643. The number of hydrogen-bond donors (Lipinski definition) is 0. The van der Waals surface area contributed by atoms with Gasteiger partial charge in [0.15, 0.2) is 23.0 Å². The summed E-state index contributed by atoms with van der Waals surface area (Å²) in [5, 5.41) is 0.693. The molecule has 0 spiro atoms. The van der Waals surface area contributed by atoms with Crippen molar-refractivity contribution in [3.05, 3.63) is 68.6 Å². The van der Waals surface area contributed by atoms with Gasteiger partial charge in [0.1, 0.15) is 16.7 Å². The van der Waals surface area contributed by atoms with E-state index in [9.17, 15) is 9.59 Å². The highest BCUT2D eigenvalue weighted by Crippen LogP contribution is 2.33. The van der Waals surface area contributed by atoms with Gasteiger partial charge in [-0.1, -0.05) is 12.1 Å². The summed E-state index contributed by atoms with van der Waals surface area (Å²) in [7, 11) is 6.03. The molecule has 0 aliphatic rings. The van der Waals surface area contributed by atoms with Gasteiger partial charge in [0.2, 0.25) is 0 Å². The van der Waals surface area contributed by atoms with Crippen LogP contribution in [0.1, 0.15) is 11.3 Å². The molecule has 0 amide bonds. The number of rotatable bonds is 6. The first-order valence-electron chi connectivity index (χ1n) is 9.56. The molecule has 164 valence electrons. The maximum absolute atomic E-state index is 12.8. The van der Waals surface area contributed by atoms with E-state index in [1.807, 2.05) is 6.07 Å². The topological polar surface area (TPSA) is 97.3 Å². The predicted octanol–water partition coefficient (Wildman–Crippen LogP) is 4.10. The van der Waals surface area contributed by atoms with Crippen LogP contribution in [0.4, 0.5) is 0 Å². The summed E-state index contributed by atoms with van der Waals surface area (Å²) < 4.78 is 31.9. The minimum Gasteiger partial charge on any atom is -0.493 e. The molecule has 4 aromatic rings. The summed E-state index contributed by atoms with van der Waals surface area (Å²) in [6, 6.07) is 9.90. The van der Waals surface area contributed by atoms with Crippen molar-refractivity contribution in [3.8, 4) is 23.0 Å². The van der Waals surface area contributed by atoms with E-state index in [0.717, 1.165) is 5.56 Å². The van der Waals surface area contributed by atoms with Gasteiger partial charge in [-0.05, 0) is 35.9 Å². The lowest BCUT2D eigenvalue weighted by atomic mass is 10.1. The number of ether oxygens (including phenoxy) is 4. The Morgan fingerprint density at radius 1 is 0.656 bits per heavy atom. The summed E-state index contributed by atoms with van der Waals surface area (Å²) in [5.74, 6) is 2.12. The van der Waals surface area contributed by atoms with Gasteiger partial charge in [-0.15, -0.1) is 0 Å². The Kier molecular flexibility index (Phi) is 5.59. The van der Waals surface area contributed by atoms with Crippen LogP contribution in [0, 0.1) is 0 Å². The van der Waals surface area contributed by atoms with E-state index < -0.39 is 11.3 Å². The second-order valence-corrected chi connectivity index (χ2v) is 6.77. The summed E-state index contributed by atoms with van der Waals surface area (Å²) in [6.45, 7) is 0. The average molecular weight is 436 g/mol. The molecule has 2 aromatic heterocycles. The first-order valence-corrected chi connectivity index (χ1v) is 9.56. The normalized spacial score (nSPS) is 11.2. The molecular weight excluding hydrogens is 416 g/mol. The van der Waals surface area contributed by atoms with Crippen LogP contribution in [0.25, 0.3) is 33.9 Å². The average Bonchev–Trinajstić information content (AvgIpc) is 2.81. The first-order chi connectivity index (χ1) is 15.5. The first kappa shape index (κ1) is 21.0. The molecule has 0 unspecified atom stereocenters. The highest BCUT2D eigenvalue weighted by molar-refractivity contribution is 6.05. The second-order valence-electron chi connectivity index (χ2n) is 6.77. The predicted molar refractivity (Wildman–Crippen MR) is 120 cm³/mol. The standard InChI is InChI=1S/C24H20O8/c1-27-17-8-6-13(9-18(17)28-2)5-7-14-10-21-22(24(26)31-14)15-11-19(29-3)20(30-4)12-16(15)23(25)32-21/h5-12H,1-4H3/b7-5+. The van der Waals surface area contributed by atoms with Crippen molar-refractivity contribution in [2.45, 2.75) is 0 Å². The lowest BCUT2D eigenvalue weighted by Gasteiger charge is -2.09. The lowest BCUT2D eigenvalue weighted by molar-refractivity contribution is 0.355. The largest absolute Gasteiger partial charge is 0.493 e. The zero-order valence-electron chi connectivity index (χ0n) is 17.9. The van der Waals surface area contributed by atoms with Crippen LogP contribution in [0.3, 0.4) is 0 Å². The van der Waals surface area contributed by atoms with Gasteiger partial charge in [0.05, 0.1) is 33.8 Å². The molecule has 0 fully saturated rings. The third kappa shape index (κ3) is 3.66. The molecule has 8 heteroatoms. The fourth-order valence-corrected chi connectivity index (χ4v) is 3.44. The van der Waals surface area contributed by atoms with Crippen molar-refractivity contribution < 1.29 is 27.8 Å². The van der Waals surface area contributed by atoms with E-state index >= 15 is 0 Å². The van der Waals surface area contributed by atoms with Crippen molar-refractivity contribution in [2.24, 2.45) is 0 Å². The van der Waals surface area contributed by atoms with Crippen LogP contribution >= 0.6 is 0 Å². The molecule has 0 aliphatic heterocycles. The Morgan fingerprint density at radius 2 is 1.28 bits per heavy atom. The Labute approximate surface area is 182 Å². The maximum atomic E-state index is 12.8. The van der Waals surface area contributed by atoms with Crippen LogP contribution in [0.2, 0.25) is 0 Å². The van der Waals surface area contributed by atoms with Crippen molar-refractivity contribution >= 4 is 33.9 Å². The third-order valence-electron chi connectivity index (χ3n) is 5.00. The van der Waals surface area contributed by atoms with Crippen LogP contribution in [0.5, 0.6) is 23.0 Å². The van der Waals surface area contributed by atoms with E-state index in [4.69, 9.17) is 27.8 Å². The Bertz CT molecular complexity index is 1460. The molecule has 0 saturated carbocycles. The molecule has 0 N–H and O–H groups in total. The smallest absolute Gasteiger partial charge is 0.348 e. The zero-order valence-corrected chi connectivity index (χ0v) is 17.9. The number of fused-ring (bicyclic) bond motifs is 3. The van der Waals surface area contributed by atoms with Gasteiger partial charge in [-0.3, -0.25) is 0 Å². The van der Waals surface area contributed by atoms with Gasteiger partial charge in [-0.2, -0.15) is 0 Å². The highest BCUT2D eigenvalue weighted by Gasteiger charge is 2.17. The summed E-state index contributed by atoms with van der Waals surface area (Å²) in [6.07, 6.45) is 3.33. The molecule has 2 aromatic carbocycles. The van der Waals surface area contributed by atoms with Crippen molar-refractivity contribution in [2.75, 3.05) is 28.4 Å². The van der Waals surface area contributed by atoms with E-state index in [1.54, 1.807) is 44.6 Å². The maximum Gasteiger partial charge on any atom is 0.348 e. The van der Waals surface area contributed by atoms with Gasteiger partial charge in [0.25, 0.3) is 0 Å². The molecule has 0 radical (unpaired) electrons. The van der Waals surface area contributed by atoms with E-state index in [1.165, 1.54) is 26.4 Å². The van der Waals surface area contributed by atoms with E-state index in [-0.39, 0.29) is 22.1 Å². The highest BCUT2D eigenvalue weighted by atomic mass is 16.5. The molecular formula is C24H20O8. The third-order valence-corrected chi connectivity index (χ3v) is 5.00. The molecule has 0 bridgehead atoms. The zero-order chi connectivity index (χ0) is 22.8. The van der Waals surface area contributed by atoms with Crippen molar-refractivity contribution in [1.29, 1.82) is 0 Å². The molecule has 0 saturated heterocycles. The molecule has 8 nitrogen and oxygen atoms in total. The lowest BCUT2D eigenvalue weighted by Crippen LogP contribution is -2.07. The fraction of sp³-hybridized carbons (Fsp3) is 0.167. The van der Waals surface area contributed by atoms with Crippen molar-refractivity contribution in [3.63, 3.8) is 0 Å². The van der Waals surface area contributed by atoms with Gasteiger partial charge in [-0.25, -0.2) is 9.59 Å². The van der Waals surface area contributed by atoms with Gasteiger partial charge in [0, 0.05) is 11.5 Å². The SMILES string of the molecule is COc1ccc(/C=C/c2cc3oc(=O)c4cc(OC)c(OC)cc4c3c(=O)o2)cc1OC. The molecule has 0 atom stereocenters. The molecule has 0 aliphatic carbocycles. The van der Waals surface area contributed by atoms with Crippen LogP contribution in [-0.2, 0) is 0 Å². The van der Waals surface area contributed by atoms with Gasteiger partial charge >= 0.3 is 11.3 Å². The van der Waals surface area contributed by atoms with Gasteiger partial charge < -0.3 is 27.8 Å². The fourth-order valence-electron chi connectivity index (χ4n) is 3.44. The summed E-state index contributed by atoms with van der Waals surface area (Å²) in [4.78, 5) is 25.4. The summed E-state index contributed by atoms with van der Waals surface area (Å²) in [5.41, 5.74) is -0.343. The van der Waals surface area contributed by atoms with E-state index in [0.29, 0.717) is 28.4 Å².